The molecule has 24 heavy (non-hydrogen) atoms. The Kier molecular flexibility index (Phi) is 4.45. The molecule has 2 aromatic rings. The standard InChI is InChI=1S/C19H20N2O2S/c1-12(8-13-10-20-17(18(22)23)21-11-13)14-4-5-16-15(9-14)19(2,3)6-7-24-16/h4-5,8-11H,6-7H2,1-3H3,(H,22,23)/b12-8+. The molecule has 1 aliphatic heterocycles. The lowest BCUT2D eigenvalue weighted by molar-refractivity contribution is 0.0683. The molecule has 0 saturated heterocycles. The molecule has 0 bridgehead atoms. The quantitative estimate of drug-likeness (QED) is 0.891. The molecule has 0 atom stereocenters. The molecule has 0 fully saturated rings. The van der Waals surface area contributed by atoms with Crippen molar-refractivity contribution in [3.63, 3.8) is 0 Å². The normalized spacial score (nSPS) is 16.5. The van der Waals surface area contributed by atoms with Gasteiger partial charge < -0.3 is 5.11 Å². The summed E-state index contributed by atoms with van der Waals surface area (Å²) in [6, 6.07) is 6.63. The molecule has 1 aromatic heterocycles. The van der Waals surface area contributed by atoms with Crippen LogP contribution in [0.1, 0.15) is 54.5 Å². The van der Waals surface area contributed by atoms with Gasteiger partial charge in [0.2, 0.25) is 5.82 Å². The van der Waals surface area contributed by atoms with E-state index in [0.717, 1.165) is 11.1 Å². The molecular formula is C19H20N2O2S. The van der Waals surface area contributed by atoms with Gasteiger partial charge in [-0.3, -0.25) is 0 Å². The fraction of sp³-hybridized carbons (Fsp3) is 0.316. The molecule has 1 aliphatic rings. The van der Waals surface area contributed by atoms with Crippen LogP contribution >= 0.6 is 11.8 Å². The Labute approximate surface area is 146 Å². The van der Waals surface area contributed by atoms with Crippen LogP contribution in [0, 0.1) is 0 Å². The summed E-state index contributed by atoms with van der Waals surface area (Å²) in [5, 5.41) is 8.85. The Bertz CT molecular complexity index is 811. The predicted molar refractivity (Wildman–Crippen MR) is 97.3 cm³/mol. The number of hydrogen-bond acceptors (Lipinski definition) is 4. The van der Waals surface area contributed by atoms with Crippen LogP contribution in [0.3, 0.4) is 0 Å². The number of benzene rings is 1. The van der Waals surface area contributed by atoms with Gasteiger partial charge in [-0.25, -0.2) is 14.8 Å². The van der Waals surface area contributed by atoms with Crippen LogP contribution in [0.2, 0.25) is 0 Å². The van der Waals surface area contributed by atoms with Gasteiger partial charge in [0.25, 0.3) is 0 Å². The van der Waals surface area contributed by atoms with Gasteiger partial charge in [0.1, 0.15) is 0 Å². The van der Waals surface area contributed by atoms with Crippen molar-refractivity contribution < 1.29 is 9.90 Å². The van der Waals surface area contributed by atoms with Crippen molar-refractivity contribution in [2.75, 3.05) is 5.75 Å². The first kappa shape index (κ1) is 16.7. The summed E-state index contributed by atoms with van der Waals surface area (Å²) < 4.78 is 0. The van der Waals surface area contributed by atoms with Gasteiger partial charge in [-0.1, -0.05) is 19.9 Å². The molecule has 2 heterocycles. The second kappa shape index (κ2) is 6.40. The number of thioether (sulfide) groups is 1. The zero-order valence-corrected chi connectivity index (χ0v) is 14.9. The SMILES string of the molecule is C/C(=C\c1cnc(C(=O)O)nc1)c1ccc2c(c1)C(C)(C)CCS2. The second-order valence-electron chi connectivity index (χ2n) is 6.67. The van der Waals surface area contributed by atoms with Crippen LogP contribution in [0.4, 0.5) is 0 Å². The van der Waals surface area contributed by atoms with E-state index in [-0.39, 0.29) is 11.2 Å². The predicted octanol–water partition coefficient (Wildman–Crippen LogP) is 4.51. The van der Waals surface area contributed by atoms with Crippen molar-refractivity contribution in [2.24, 2.45) is 0 Å². The number of carboxylic acids is 1. The average molecular weight is 340 g/mol. The van der Waals surface area contributed by atoms with Crippen LogP contribution in [0.15, 0.2) is 35.5 Å². The minimum Gasteiger partial charge on any atom is -0.475 e. The van der Waals surface area contributed by atoms with E-state index >= 15 is 0 Å². The van der Waals surface area contributed by atoms with Crippen molar-refractivity contribution in [1.82, 2.24) is 9.97 Å². The Morgan fingerprint density at radius 3 is 2.67 bits per heavy atom. The molecule has 0 saturated carbocycles. The number of carbonyl (C=O) groups is 1. The highest BCUT2D eigenvalue weighted by Crippen LogP contribution is 2.42. The second-order valence-corrected chi connectivity index (χ2v) is 7.80. The zero-order valence-electron chi connectivity index (χ0n) is 14.0. The van der Waals surface area contributed by atoms with E-state index in [2.05, 4.69) is 48.9 Å². The maximum Gasteiger partial charge on any atom is 0.373 e. The summed E-state index contributed by atoms with van der Waals surface area (Å²) in [5.74, 6) is -0.129. The minimum atomic E-state index is -1.11. The van der Waals surface area contributed by atoms with E-state index in [4.69, 9.17) is 5.11 Å². The Balaban J connectivity index is 1.92. The molecule has 4 nitrogen and oxygen atoms in total. The maximum absolute atomic E-state index is 10.8. The third kappa shape index (κ3) is 3.36. The number of nitrogens with zero attached hydrogens (tertiary/aromatic N) is 2. The highest BCUT2D eigenvalue weighted by molar-refractivity contribution is 7.99. The minimum absolute atomic E-state index is 0.183. The number of aromatic nitrogens is 2. The van der Waals surface area contributed by atoms with E-state index in [1.807, 2.05) is 17.8 Å². The number of allylic oxidation sites excluding steroid dienone is 1. The summed E-state index contributed by atoms with van der Waals surface area (Å²) in [6.45, 7) is 6.65. The highest BCUT2D eigenvalue weighted by Gasteiger charge is 2.27. The molecule has 0 unspecified atom stereocenters. The van der Waals surface area contributed by atoms with Crippen LogP contribution < -0.4 is 0 Å². The topological polar surface area (TPSA) is 63.1 Å². The van der Waals surface area contributed by atoms with Crippen molar-refractivity contribution in [2.45, 2.75) is 37.5 Å². The lowest BCUT2D eigenvalue weighted by atomic mass is 9.80. The van der Waals surface area contributed by atoms with Gasteiger partial charge in [-0.15, -0.1) is 11.8 Å². The molecule has 124 valence electrons. The first-order chi connectivity index (χ1) is 11.4. The number of hydrogen-bond donors (Lipinski definition) is 1. The Morgan fingerprint density at radius 2 is 2.00 bits per heavy atom. The van der Waals surface area contributed by atoms with Crippen molar-refractivity contribution in [3.05, 3.63) is 53.1 Å². The zero-order chi connectivity index (χ0) is 17.3. The number of carboxylic acid groups (broad SMARTS) is 1. The number of fused-ring (bicyclic) bond motifs is 1. The van der Waals surface area contributed by atoms with Crippen LogP contribution in [-0.4, -0.2) is 26.8 Å². The fourth-order valence-corrected chi connectivity index (χ4v) is 4.32. The maximum atomic E-state index is 10.8. The summed E-state index contributed by atoms with van der Waals surface area (Å²) >= 11 is 1.92. The molecule has 3 rings (SSSR count). The summed E-state index contributed by atoms with van der Waals surface area (Å²) in [5.41, 5.74) is 4.68. The number of rotatable bonds is 3. The fourth-order valence-electron chi connectivity index (χ4n) is 2.84. The molecule has 0 amide bonds. The molecule has 1 N–H and O–H groups in total. The Morgan fingerprint density at radius 1 is 1.29 bits per heavy atom. The first-order valence-corrected chi connectivity index (χ1v) is 8.87. The van der Waals surface area contributed by atoms with E-state index in [0.29, 0.717) is 0 Å². The molecular weight excluding hydrogens is 320 g/mol. The third-order valence-electron chi connectivity index (χ3n) is 4.39. The van der Waals surface area contributed by atoms with Gasteiger partial charge in [0.15, 0.2) is 0 Å². The summed E-state index contributed by atoms with van der Waals surface area (Å²) in [6.07, 6.45) is 6.24. The van der Waals surface area contributed by atoms with Gasteiger partial charge in [0.05, 0.1) is 0 Å². The van der Waals surface area contributed by atoms with Crippen LogP contribution in [-0.2, 0) is 5.41 Å². The van der Waals surface area contributed by atoms with E-state index in [1.54, 1.807) is 0 Å². The van der Waals surface area contributed by atoms with E-state index < -0.39 is 5.97 Å². The van der Waals surface area contributed by atoms with Crippen molar-refractivity contribution in [1.29, 1.82) is 0 Å². The third-order valence-corrected chi connectivity index (χ3v) is 5.47. The smallest absolute Gasteiger partial charge is 0.373 e. The first-order valence-electron chi connectivity index (χ1n) is 7.88. The molecule has 1 aromatic carbocycles. The van der Waals surface area contributed by atoms with E-state index in [1.165, 1.54) is 40.6 Å². The van der Waals surface area contributed by atoms with Gasteiger partial charge in [-0.2, -0.15) is 0 Å². The van der Waals surface area contributed by atoms with Crippen LogP contribution in [0.25, 0.3) is 11.6 Å². The molecule has 0 spiro atoms. The molecule has 0 aliphatic carbocycles. The monoisotopic (exact) mass is 340 g/mol. The summed E-state index contributed by atoms with van der Waals surface area (Å²) in [7, 11) is 0. The van der Waals surface area contributed by atoms with E-state index in [9.17, 15) is 4.79 Å². The average Bonchev–Trinajstić information content (AvgIpc) is 2.55. The van der Waals surface area contributed by atoms with Crippen molar-refractivity contribution in [3.8, 4) is 0 Å². The largest absolute Gasteiger partial charge is 0.475 e. The molecule has 5 heteroatoms. The van der Waals surface area contributed by atoms with Gasteiger partial charge in [0, 0.05) is 22.9 Å². The van der Waals surface area contributed by atoms with Gasteiger partial charge >= 0.3 is 5.97 Å². The lowest BCUT2D eigenvalue weighted by Gasteiger charge is -2.32. The number of aromatic carboxylic acids is 1. The molecule has 0 radical (unpaired) electrons. The van der Waals surface area contributed by atoms with Crippen molar-refractivity contribution >= 4 is 29.4 Å². The Hall–Kier alpha value is -2.14. The highest BCUT2D eigenvalue weighted by atomic mass is 32.2. The van der Waals surface area contributed by atoms with Crippen LogP contribution in [0.5, 0.6) is 0 Å². The van der Waals surface area contributed by atoms with Gasteiger partial charge in [-0.05, 0) is 59.4 Å². The summed E-state index contributed by atoms with van der Waals surface area (Å²) in [4.78, 5) is 19.9. The lowest BCUT2D eigenvalue weighted by Crippen LogP contribution is -2.22.